The molecule has 0 atom stereocenters. The number of hydrogen-bond acceptors (Lipinski definition) is 6. The Morgan fingerprint density at radius 2 is 1.96 bits per heavy atom. The number of aromatic nitrogens is 4. The van der Waals surface area contributed by atoms with Gasteiger partial charge in [-0.05, 0) is 29.8 Å². The summed E-state index contributed by atoms with van der Waals surface area (Å²) in [6, 6.07) is 11.5. The molecule has 4 aromatic rings. The molecule has 3 heterocycles. The van der Waals surface area contributed by atoms with Crippen LogP contribution in [-0.2, 0) is 6.54 Å². The highest BCUT2D eigenvalue weighted by atomic mass is 16.5. The van der Waals surface area contributed by atoms with Gasteiger partial charge in [-0.15, -0.1) is 0 Å². The molecule has 0 amide bonds. The second-order valence-electron chi connectivity index (χ2n) is 5.92. The van der Waals surface area contributed by atoms with E-state index in [-0.39, 0.29) is 0 Å². The number of ether oxygens (including phenoxy) is 2. The highest BCUT2D eigenvalue weighted by Crippen LogP contribution is 2.35. The lowest BCUT2D eigenvalue weighted by molar-refractivity contribution is 0.395. The Bertz CT molecular complexity index is 1060. The molecule has 0 radical (unpaired) electrons. The van der Waals surface area contributed by atoms with Gasteiger partial charge in [0.15, 0.2) is 5.65 Å². The Kier molecular flexibility index (Phi) is 4.57. The van der Waals surface area contributed by atoms with E-state index in [1.807, 2.05) is 48.8 Å². The van der Waals surface area contributed by atoms with Gasteiger partial charge >= 0.3 is 0 Å². The monoisotopic (exact) mass is 361 g/mol. The zero-order valence-corrected chi connectivity index (χ0v) is 15.1. The second-order valence-corrected chi connectivity index (χ2v) is 5.92. The van der Waals surface area contributed by atoms with Gasteiger partial charge in [-0.2, -0.15) is 5.10 Å². The van der Waals surface area contributed by atoms with Crippen molar-refractivity contribution in [2.24, 2.45) is 0 Å². The molecule has 3 aromatic heterocycles. The summed E-state index contributed by atoms with van der Waals surface area (Å²) in [5, 5.41) is 7.73. The van der Waals surface area contributed by atoms with Crippen LogP contribution in [0.4, 0.5) is 5.82 Å². The Labute approximate surface area is 156 Å². The van der Waals surface area contributed by atoms with Crippen LogP contribution in [0.1, 0.15) is 5.56 Å². The Morgan fingerprint density at radius 1 is 1.04 bits per heavy atom. The molecule has 0 spiro atoms. The van der Waals surface area contributed by atoms with E-state index in [1.54, 1.807) is 31.1 Å². The third-order valence-electron chi connectivity index (χ3n) is 4.26. The molecule has 0 bridgehead atoms. The molecule has 0 aliphatic heterocycles. The van der Waals surface area contributed by atoms with E-state index in [4.69, 9.17) is 14.5 Å². The van der Waals surface area contributed by atoms with Crippen molar-refractivity contribution in [1.82, 2.24) is 19.6 Å². The minimum absolute atomic E-state index is 0.645. The van der Waals surface area contributed by atoms with Crippen molar-refractivity contribution in [2.45, 2.75) is 6.54 Å². The number of fused-ring (bicyclic) bond motifs is 1. The molecule has 27 heavy (non-hydrogen) atoms. The van der Waals surface area contributed by atoms with Crippen LogP contribution in [0.2, 0.25) is 0 Å². The van der Waals surface area contributed by atoms with Gasteiger partial charge < -0.3 is 14.8 Å². The standard InChI is InChI=1S/C20H19N5O2/c1-26-15-5-6-16(18(10-15)27-2)17-13-23-25-9-7-19(24-20(17)25)22-12-14-4-3-8-21-11-14/h3-11,13H,12H2,1-2H3,(H,22,24). The van der Waals surface area contributed by atoms with Crippen LogP contribution < -0.4 is 14.8 Å². The average Bonchev–Trinajstić information content (AvgIpc) is 3.15. The number of anilines is 1. The molecule has 0 unspecified atom stereocenters. The molecule has 136 valence electrons. The number of nitrogens with zero attached hydrogens (tertiary/aromatic N) is 4. The van der Waals surface area contributed by atoms with E-state index in [0.29, 0.717) is 12.3 Å². The first-order valence-corrected chi connectivity index (χ1v) is 8.48. The van der Waals surface area contributed by atoms with Crippen LogP contribution >= 0.6 is 0 Å². The van der Waals surface area contributed by atoms with Crippen molar-refractivity contribution in [3.05, 3.63) is 66.7 Å². The topological polar surface area (TPSA) is 73.6 Å². The highest BCUT2D eigenvalue weighted by Gasteiger charge is 2.14. The summed E-state index contributed by atoms with van der Waals surface area (Å²) in [4.78, 5) is 8.85. The molecule has 0 aliphatic rings. The van der Waals surface area contributed by atoms with Gasteiger partial charge in [0.1, 0.15) is 17.3 Å². The fraction of sp³-hybridized carbons (Fsp3) is 0.150. The van der Waals surface area contributed by atoms with E-state index >= 15 is 0 Å². The summed E-state index contributed by atoms with van der Waals surface area (Å²) in [6.45, 7) is 0.645. The molecule has 0 fully saturated rings. The van der Waals surface area contributed by atoms with Gasteiger partial charge in [0.25, 0.3) is 0 Å². The smallest absolute Gasteiger partial charge is 0.165 e. The van der Waals surface area contributed by atoms with E-state index in [0.717, 1.165) is 33.9 Å². The predicted octanol–water partition coefficient (Wildman–Crippen LogP) is 3.42. The van der Waals surface area contributed by atoms with Crippen molar-refractivity contribution in [2.75, 3.05) is 19.5 Å². The van der Waals surface area contributed by atoms with Crippen LogP contribution in [0, 0.1) is 0 Å². The summed E-state index contributed by atoms with van der Waals surface area (Å²) >= 11 is 0. The molecule has 7 nitrogen and oxygen atoms in total. The number of rotatable bonds is 6. The molecule has 0 aliphatic carbocycles. The van der Waals surface area contributed by atoms with Crippen molar-refractivity contribution in [3.8, 4) is 22.6 Å². The van der Waals surface area contributed by atoms with E-state index in [9.17, 15) is 0 Å². The number of pyridine rings is 1. The van der Waals surface area contributed by atoms with Crippen molar-refractivity contribution >= 4 is 11.5 Å². The minimum Gasteiger partial charge on any atom is -0.497 e. The largest absolute Gasteiger partial charge is 0.497 e. The van der Waals surface area contributed by atoms with Crippen molar-refractivity contribution in [3.63, 3.8) is 0 Å². The first-order chi connectivity index (χ1) is 13.3. The van der Waals surface area contributed by atoms with Gasteiger partial charge in [0.05, 0.1) is 26.0 Å². The summed E-state index contributed by atoms with van der Waals surface area (Å²) in [7, 11) is 3.27. The zero-order chi connectivity index (χ0) is 18.6. The lowest BCUT2D eigenvalue weighted by Crippen LogP contribution is -2.03. The maximum Gasteiger partial charge on any atom is 0.165 e. The van der Waals surface area contributed by atoms with Crippen molar-refractivity contribution < 1.29 is 9.47 Å². The number of hydrogen-bond donors (Lipinski definition) is 1. The summed E-state index contributed by atoms with van der Waals surface area (Å²) in [5.41, 5.74) is 3.63. The first kappa shape index (κ1) is 16.8. The fourth-order valence-electron chi connectivity index (χ4n) is 2.87. The number of methoxy groups -OCH3 is 2. The molecule has 0 saturated heterocycles. The summed E-state index contributed by atoms with van der Waals surface area (Å²) in [5.74, 6) is 2.21. The summed E-state index contributed by atoms with van der Waals surface area (Å²) < 4.78 is 12.6. The molecular weight excluding hydrogens is 342 g/mol. The predicted molar refractivity (Wildman–Crippen MR) is 103 cm³/mol. The van der Waals surface area contributed by atoms with E-state index < -0.39 is 0 Å². The minimum atomic E-state index is 0.645. The van der Waals surface area contributed by atoms with Gasteiger partial charge in [-0.3, -0.25) is 4.98 Å². The van der Waals surface area contributed by atoms with Crippen LogP contribution in [-0.4, -0.2) is 33.8 Å². The molecule has 1 N–H and O–H groups in total. The number of nitrogens with one attached hydrogen (secondary N) is 1. The Morgan fingerprint density at radius 3 is 2.74 bits per heavy atom. The van der Waals surface area contributed by atoms with Crippen LogP contribution in [0.5, 0.6) is 11.5 Å². The third kappa shape index (κ3) is 3.39. The highest BCUT2D eigenvalue weighted by molar-refractivity contribution is 5.82. The molecule has 1 aromatic carbocycles. The maximum absolute atomic E-state index is 5.53. The SMILES string of the molecule is COc1ccc(-c2cnn3ccc(NCc4cccnc4)nc23)c(OC)c1. The fourth-order valence-corrected chi connectivity index (χ4v) is 2.87. The second kappa shape index (κ2) is 7.33. The van der Waals surface area contributed by atoms with Gasteiger partial charge in [0, 0.05) is 36.8 Å². The maximum atomic E-state index is 5.53. The van der Waals surface area contributed by atoms with Gasteiger partial charge in [-0.25, -0.2) is 9.50 Å². The van der Waals surface area contributed by atoms with Crippen LogP contribution in [0.25, 0.3) is 16.8 Å². The van der Waals surface area contributed by atoms with E-state index in [2.05, 4.69) is 15.4 Å². The van der Waals surface area contributed by atoms with Gasteiger partial charge in [-0.1, -0.05) is 6.07 Å². The number of benzene rings is 1. The van der Waals surface area contributed by atoms with Gasteiger partial charge in [0.2, 0.25) is 0 Å². The Hall–Kier alpha value is -3.61. The van der Waals surface area contributed by atoms with Crippen LogP contribution in [0.15, 0.2) is 61.2 Å². The molecule has 7 heteroatoms. The molecular formula is C20H19N5O2. The average molecular weight is 361 g/mol. The quantitative estimate of drug-likeness (QED) is 0.567. The Balaban J connectivity index is 1.68. The molecule has 4 rings (SSSR count). The first-order valence-electron chi connectivity index (χ1n) is 8.48. The third-order valence-corrected chi connectivity index (χ3v) is 4.26. The lowest BCUT2D eigenvalue weighted by Gasteiger charge is -2.10. The lowest BCUT2D eigenvalue weighted by atomic mass is 10.1. The van der Waals surface area contributed by atoms with E-state index in [1.165, 1.54) is 0 Å². The normalized spacial score (nSPS) is 10.7. The summed E-state index contributed by atoms with van der Waals surface area (Å²) in [6.07, 6.45) is 7.26. The molecule has 0 saturated carbocycles. The van der Waals surface area contributed by atoms with Crippen LogP contribution in [0.3, 0.4) is 0 Å². The van der Waals surface area contributed by atoms with Crippen molar-refractivity contribution in [1.29, 1.82) is 0 Å². The zero-order valence-electron chi connectivity index (χ0n) is 15.1.